The molecule has 0 bridgehead atoms. The normalized spacial score (nSPS) is 12.1. The lowest BCUT2D eigenvalue weighted by Crippen LogP contribution is -2.38. The second-order valence-electron chi connectivity index (χ2n) is 7.81. The van der Waals surface area contributed by atoms with Crippen LogP contribution < -0.4 is 10.1 Å². The van der Waals surface area contributed by atoms with Crippen LogP contribution in [0, 0.1) is 0 Å². The molecule has 0 fully saturated rings. The van der Waals surface area contributed by atoms with E-state index >= 15 is 0 Å². The van der Waals surface area contributed by atoms with E-state index < -0.39 is 6.10 Å². The predicted molar refractivity (Wildman–Crippen MR) is 121 cm³/mol. The maximum absolute atomic E-state index is 12.5. The standard InChI is InChI=1S/C26H31NO2/c1-4-25(29-24-16-15-22-9-5-6-10-23(22)18-24)26(28)27-17-7-8-20-11-13-21(14-12-20)19(2)3/h5-6,9-16,18-19,25H,4,7-8,17H2,1-3H3,(H,27,28). The Balaban J connectivity index is 1.47. The van der Waals surface area contributed by atoms with Gasteiger partial charge in [-0.3, -0.25) is 4.79 Å². The molecule has 1 atom stereocenters. The van der Waals surface area contributed by atoms with Crippen LogP contribution in [0.25, 0.3) is 10.8 Å². The van der Waals surface area contributed by atoms with Crippen LogP contribution in [0.4, 0.5) is 0 Å². The molecule has 0 saturated heterocycles. The Kier molecular flexibility index (Phi) is 7.29. The van der Waals surface area contributed by atoms with Gasteiger partial charge in [0, 0.05) is 6.54 Å². The maximum Gasteiger partial charge on any atom is 0.261 e. The Labute approximate surface area is 174 Å². The summed E-state index contributed by atoms with van der Waals surface area (Å²) in [5.74, 6) is 1.24. The highest BCUT2D eigenvalue weighted by Gasteiger charge is 2.18. The zero-order chi connectivity index (χ0) is 20.6. The summed E-state index contributed by atoms with van der Waals surface area (Å²) in [6.45, 7) is 7.03. The lowest BCUT2D eigenvalue weighted by atomic mass is 10.0. The van der Waals surface area contributed by atoms with Crippen molar-refractivity contribution >= 4 is 16.7 Å². The largest absolute Gasteiger partial charge is 0.481 e. The highest BCUT2D eigenvalue weighted by molar-refractivity contribution is 5.84. The lowest BCUT2D eigenvalue weighted by Gasteiger charge is -2.17. The zero-order valence-electron chi connectivity index (χ0n) is 17.7. The van der Waals surface area contributed by atoms with Crippen molar-refractivity contribution in [2.75, 3.05) is 6.54 Å². The van der Waals surface area contributed by atoms with Gasteiger partial charge in [-0.1, -0.05) is 75.4 Å². The third-order valence-electron chi connectivity index (χ3n) is 5.25. The van der Waals surface area contributed by atoms with E-state index in [1.807, 2.05) is 37.3 Å². The van der Waals surface area contributed by atoms with Crippen molar-refractivity contribution < 1.29 is 9.53 Å². The Bertz CT molecular complexity index is 931. The molecule has 0 aliphatic heterocycles. The minimum Gasteiger partial charge on any atom is -0.481 e. The number of aryl methyl sites for hydroxylation is 1. The topological polar surface area (TPSA) is 38.3 Å². The summed E-state index contributed by atoms with van der Waals surface area (Å²) in [6, 6.07) is 22.9. The van der Waals surface area contributed by atoms with Crippen molar-refractivity contribution in [3.05, 3.63) is 77.9 Å². The predicted octanol–water partition coefficient (Wildman–Crippen LogP) is 5.87. The van der Waals surface area contributed by atoms with Gasteiger partial charge < -0.3 is 10.1 Å². The molecular formula is C26H31NO2. The molecule has 3 nitrogen and oxygen atoms in total. The van der Waals surface area contributed by atoms with E-state index in [9.17, 15) is 4.79 Å². The molecule has 29 heavy (non-hydrogen) atoms. The number of rotatable bonds is 9. The average Bonchev–Trinajstić information content (AvgIpc) is 2.75. The summed E-state index contributed by atoms with van der Waals surface area (Å²) in [7, 11) is 0. The fraction of sp³-hybridized carbons (Fsp3) is 0.346. The van der Waals surface area contributed by atoms with E-state index in [0.29, 0.717) is 18.9 Å². The van der Waals surface area contributed by atoms with Gasteiger partial charge in [0.25, 0.3) is 5.91 Å². The van der Waals surface area contributed by atoms with Crippen LogP contribution in [0.2, 0.25) is 0 Å². The van der Waals surface area contributed by atoms with E-state index in [1.165, 1.54) is 16.5 Å². The molecule has 3 rings (SSSR count). The summed E-state index contributed by atoms with van der Waals surface area (Å²) in [4.78, 5) is 12.5. The van der Waals surface area contributed by atoms with Crippen molar-refractivity contribution in [2.45, 2.75) is 52.1 Å². The molecular weight excluding hydrogens is 358 g/mol. The molecule has 0 spiro atoms. The van der Waals surface area contributed by atoms with Crippen LogP contribution >= 0.6 is 0 Å². The van der Waals surface area contributed by atoms with Gasteiger partial charge in [0.15, 0.2) is 6.10 Å². The van der Waals surface area contributed by atoms with E-state index in [0.717, 1.165) is 24.0 Å². The molecule has 3 heteroatoms. The lowest BCUT2D eigenvalue weighted by molar-refractivity contribution is -0.128. The van der Waals surface area contributed by atoms with E-state index in [-0.39, 0.29) is 5.91 Å². The highest BCUT2D eigenvalue weighted by Crippen LogP contribution is 2.22. The molecule has 0 aliphatic rings. The molecule has 0 saturated carbocycles. The monoisotopic (exact) mass is 389 g/mol. The molecule has 0 heterocycles. The van der Waals surface area contributed by atoms with Gasteiger partial charge in [0.2, 0.25) is 0 Å². The number of fused-ring (bicyclic) bond motifs is 1. The Hall–Kier alpha value is -2.81. The fourth-order valence-electron chi connectivity index (χ4n) is 3.41. The minimum atomic E-state index is -0.471. The van der Waals surface area contributed by atoms with E-state index in [1.54, 1.807) is 0 Å². The first-order chi connectivity index (χ1) is 14.1. The molecule has 1 amide bonds. The number of ether oxygens (including phenoxy) is 1. The highest BCUT2D eigenvalue weighted by atomic mass is 16.5. The summed E-state index contributed by atoms with van der Waals surface area (Å²) < 4.78 is 5.97. The number of carbonyl (C=O) groups is 1. The number of amides is 1. The Morgan fingerprint density at radius 3 is 2.38 bits per heavy atom. The van der Waals surface area contributed by atoms with E-state index in [2.05, 4.69) is 55.6 Å². The van der Waals surface area contributed by atoms with E-state index in [4.69, 9.17) is 4.74 Å². The van der Waals surface area contributed by atoms with Crippen molar-refractivity contribution in [3.63, 3.8) is 0 Å². The Morgan fingerprint density at radius 1 is 0.966 bits per heavy atom. The van der Waals surface area contributed by atoms with Crippen LogP contribution in [0.5, 0.6) is 5.75 Å². The third kappa shape index (κ3) is 5.83. The first-order valence-electron chi connectivity index (χ1n) is 10.6. The third-order valence-corrected chi connectivity index (χ3v) is 5.25. The number of nitrogens with one attached hydrogen (secondary N) is 1. The molecule has 152 valence electrons. The Morgan fingerprint density at radius 2 is 1.69 bits per heavy atom. The molecule has 3 aromatic rings. The summed E-state index contributed by atoms with van der Waals surface area (Å²) in [6.07, 6.45) is 2.04. The number of benzene rings is 3. The summed E-state index contributed by atoms with van der Waals surface area (Å²) in [5.41, 5.74) is 2.67. The summed E-state index contributed by atoms with van der Waals surface area (Å²) >= 11 is 0. The van der Waals surface area contributed by atoms with Crippen LogP contribution in [0.15, 0.2) is 66.7 Å². The second kappa shape index (κ2) is 10.1. The molecule has 0 radical (unpaired) electrons. The molecule has 1 unspecified atom stereocenters. The molecule has 3 aromatic carbocycles. The maximum atomic E-state index is 12.5. The number of carbonyl (C=O) groups excluding carboxylic acids is 1. The van der Waals surface area contributed by atoms with Gasteiger partial charge in [0.1, 0.15) is 5.75 Å². The van der Waals surface area contributed by atoms with Crippen LogP contribution in [-0.2, 0) is 11.2 Å². The summed E-state index contributed by atoms with van der Waals surface area (Å²) in [5, 5.41) is 5.31. The van der Waals surface area contributed by atoms with Crippen molar-refractivity contribution in [2.24, 2.45) is 0 Å². The van der Waals surface area contributed by atoms with Gasteiger partial charge in [-0.15, -0.1) is 0 Å². The van der Waals surface area contributed by atoms with Gasteiger partial charge >= 0.3 is 0 Å². The van der Waals surface area contributed by atoms with Crippen LogP contribution in [0.3, 0.4) is 0 Å². The van der Waals surface area contributed by atoms with Crippen molar-refractivity contribution in [1.82, 2.24) is 5.32 Å². The second-order valence-corrected chi connectivity index (χ2v) is 7.81. The van der Waals surface area contributed by atoms with Crippen molar-refractivity contribution in [1.29, 1.82) is 0 Å². The van der Waals surface area contributed by atoms with Crippen LogP contribution in [-0.4, -0.2) is 18.6 Å². The van der Waals surface area contributed by atoms with Gasteiger partial charge in [-0.25, -0.2) is 0 Å². The molecule has 0 aliphatic carbocycles. The minimum absolute atomic E-state index is 0.0455. The smallest absolute Gasteiger partial charge is 0.261 e. The number of hydrogen-bond donors (Lipinski definition) is 1. The molecule has 1 N–H and O–H groups in total. The first kappa shape index (κ1) is 20.9. The molecule has 0 aromatic heterocycles. The quantitative estimate of drug-likeness (QED) is 0.465. The van der Waals surface area contributed by atoms with Crippen molar-refractivity contribution in [3.8, 4) is 5.75 Å². The first-order valence-corrected chi connectivity index (χ1v) is 10.6. The zero-order valence-corrected chi connectivity index (χ0v) is 17.7. The van der Waals surface area contributed by atoms with Gasteiger partial charge in [-0.2, -0.15) is 0 Å². The average molecular weight is 390 g/mol. The fourth-order valence-corrected chi connectivity index (χ4v) is 3.41. The van der Waals surface area contributed by atoms with Crippen LogP contribution in [0.1, 0.15) is 50.7 Å². The SMILES string of the molecule is CCC(Oc1ccc2ccccc2c1)C(=O)NCCCc1ccc(C(C)C)cc1. The van der Waals surface area contributed by atoms with Gasteiger partial charge in [0.05, 0.1) is 0 Å². The number of hydrogen-bond acceptors (Lipinski definition) is 2. The van der Waals surface area contributed by atoms with Gasteiger partial charge in [-0.05, 0) is 59.2 Å².